The Morgan fingerprint density at radius 2 is 1.80 bits per heavy atom. The number of nitrogens with zero attached hydrogens (tertiary/aromatic N) is 1. The molecule has 92 valence electrons. The summed E-state index contributed by atoms with van der Waals surface area (Å²) in [6.45, 7) is 10.1. The van der Waals surface area contributed by atoms with Crippen LogP contribution in [0.5, 0.6) is 0 Å². The topological polar surface area (TPSA) is 32.7 Å². The molecule has 1 N–H and O–H groups in total. The number of methoxy groups -OCH3 is 1. The largest absolute Gasteiger partial charge is 0.392 e. The lowest BCUT2D eigenvalue weighted by molar-refractivity contribution is 0.0190. The van der Waals surface area contributed by atoms with Gasteiger partial charge in [0, 0.05) is 25.7 Å². The number of aliphatic hydroxyl groups excluding tert-OH is 1. The maximum absolute atomic E-state index is 9.86. The molecule has 3 nitrogen and oxygen atoms in total. The second-order valence-electron chi connectivity index (χ2n) is 4.20. The Bertz CT molecular complexity index is 153. The van der Waals surface area contributed by atoms with Gasteiger partial charge in [-0.05, 0) is 26.7 Å². The minimum Gasteiger partial charge on any atom is -0.392 e. The fourth-order valence-corrected chi connectivity index (χ4v) is 1.82. The molecule has 15 heavy (non-hydrogen) atoms. The first kappa shape index (κ1) is 14.9. The van der Waals surface area contributed by atoms with E-state index in [2.05, 4.69) is 25.7 Å². The molecular formula is C12H27NO2. The molecule has 0 bridgehead atoms. The van der Waals surface area contributed by atoms with Crippen LogP contribution in [0.3, 0.4) is 0 Å². The molecule has 0 spiro atoms. The van der Waals surface area contributed by atoms with Crippen molar-refractivity contribution < 1.29 is 9.84 Å². The summed E-state index contributed by atoms with van der Waals surface area (Å²) in [6.07, 6.45) is 1.67. The highest BCUT2D eigenvalue weighted by molar-refractivity contribution is 4.78. The third-order valence-corrected chi connectivity index (χ3v) is 3.21. The average molecular weight is 217 g/mol. The molecule has 3 atom stereocenters. The van der Waals surface area contributed by atoms with Gasteiger partial charge in [0.2, 0.25) is 0 Å². The summed E-state index contributed by atoms with van der Waals surface area (Å²) in [4.78, 5) is 2.33. The van der Waals surface area contributed by atoms with E-state index in [1.165, 1.54) is 0 Å². The van der Waals surface area contributed by atoms with Gasteiger partial charge in [-0.15, -0.1) is 0 Å². The molecule has 0 saturated heterocycles. The van der Waals surface area contributed by atoms with Gasteiger partial charge < -0.3 is 9.84 Å². The van der Waals surface area contributed by atoms with E-state index in [9.17, 15) is 5.11 Å². The number of hydrogen-bond donors (Lipinski definition) is 1. The van der Waals surface area contributed by atoms with Crippen LogP contribution in [0.25, 0.3) is 0 Å². The van der Waals surface area contributed by atoms with Crippen LogP contribution in [0, 0.1) is 0 Å². The minimum absolute atomic E-state index is 0.208. The minimum atomic E-state index is -0.240. The molecule has 0 amide bonds. The number of ether oxygens (including phenoxy) is 1. The highest BCUT2D eigenvalue weighted by Gasteiger charge is 2.23. The van der Waals surface area contributed by atoms with Crippen LogP contribution in [0.15, 0.2) is 0 Å². The van der Waals surface area contributed by atoms with Crippen LogP contribution < -0.4 is 0 Å². The Kier molecular flexibility index (Phi) is 8.02. The molecule has 0 aliphatic heterocycles. The second kappa shape index (κ2) is 8.08. The van der Waals surface area contributed by atoms with Gasteiger partial charge in [-0.25, -0.2) is 0 Å². The zero-order valence-corrected chi connectivity index (χ0v) is 10.9. The summed E-state index contributed by atoms with van der Waals surface area (Å²) in [6, 6.07) is 0.705. The highest BCUT2D eigenvalue weighted by Crippen LogP contribution is 2.13. The molecule has 0 saturated carbocycles. The molecule has 0 radical (unpaired) electrons. The molecule has 3 heteroatoms. The van der Waals surface area contributed by atoms with Crippen LogP contribution in [-0.2, 0) is 4.74 Å². The van der Waals surface area contributed by atoms with Crippen molar-refractivity contribution >= 4 is 0 Å². The van der Waals surface area contributed by atoms with Gasteiger partial charge >= 0.3 is 0 Å². The van der Waals surface area contributed by atoms with E-state index in [1.54, 1.807) is 7.11 Å². The Morgan fingerprint density at radius 1 is 1.20 bits per heavy atom. The van der Waals surface area contributed by atoms with Crippen molar-refractivity contribution in [3.05, 3.63) is 0 Å². The van der Waals surface area contributed by atoms with Crippen molar-refractivity contribution in [2.75, 3.05) is 20.3 Å². The summed E-state index contributed by atoms with van der Waals surface area (Å²) < 4.78 is 5.11. The predicted molar refractivity (Wildman–Crippen MR) is 64.1 cm³/mol. The number of hydrogen-bond acceptors (Lipinski definition) is 3. The Hall–Kier alpha value is -0.120. The molecule has 0 aromatic rings. The van der Waals surface area contributed by atoms with Crippen LogP contribution in [0.2, 0.25) is 0 Å². The number of rotatable bonds is 8. The zero-order chi connectivity index (χ0) is 11.8. The van der Waals surface area contributed by atoms with Crippen molar-refractivity contribution in [3.63, 3.8) is 0 Å². The lowest BCUT2D eigenvalue weighted by atomic mass is 10.1. The summed E-state index contributed by atoms with van der Waals surface area (Å²) in [5.74, 6) is 0. The summed E-state index contributed by atoms with van der Waals surface area (Å²) >= 11 is 0. The SMILES string of the molecule is CCC(O)C(C)N(CCOC)C(C)CC. The van der Waals surface area contributed by atoms with Crippen LogP contribution in [-0.4, -0.2) is 48.5 Å². The van der Waals surface area contributed by atoms with Gasteiger partial charge in [0.15, 0.2) is 0 Å². The van der Waals surface area contributed by atoms with Gasteiger partial charge in [0.25, 0.3) is 0 Å². The van der Waals surface area contributed by atoms with Crippen molar-refractivity contribution in [2.24, 2.45) is 0 Å². The van der Waals surface area contributed by atoms with Crippen LogP contribution in [0.1, 0.15) is 40.5 Å². The molecule has 0 rings (SSSR count). The Balaban J connectivity index is 4.32. The van der Waals surface area contributed by atoms with Crippen molar-refractivity contribution in [2.45, 2.75) is 58.7 Å². The Labute approximate surface area is 94.4 Å². The van der Waals surface area contributed by atoms with E-state index >= 15 is 0 Å². The molecule has 0 fully saturated rings. The van der Waals surface area contributed by atoms with Crippen molar-refractivity contribution in [1.29, 1.82) is 0 Å². The Morgan fingerprint density at radius 3 is 2.20 bits per heavy atom. The first-order valence-electron chi connectivity index (χ1n) is 6.01. The summed E-state index contributed by atoms with van der Waals surface area (Å²) in [7, 11) is 1.72. The second-order valence-corrected chi connectivity index (χ2v) is 4.20. The number of aliphatic hydroxyl groups is 1. The fourth-order valence-electron chi connectivity index (χ4n) is 1.82. The fraction of sp³-hybridized carbons (Fsp3) is 1.00. The molecule has 0 aromatic carbocycles. The van der Waals surface area contributed by atoms with E-state index in [4.69, 9.17) is 4.74 Å². The maximum atomic E-state index is 9.86. The first-order chi connectivity index (χ1) is 7.08. The summed E-state index contributed by atoms with van der Waals surface area (Å²) in [5.41, 5.74) is 0. The quantitative estimate of drug-likeness (QED) is 0.674. The van der Waals surface area contributed by atoms with E-state index in [1.807, 2.05) is 6.92 Å². The zero-order valence-electron chi connectivity index (χ0n) is 10.9. The van der Waals surface area contributed by atoms with Gasteiger partial charge in [-0.2, -0.15) is 0 Å². The molecular weight excluding hydrogens is 190 g/mol. The van der Waals surface area contributed by atoms with Gasteiger partial charge in [-0.1, -0.05) is 13.8 Å². The molecule has 0 heterocycles. The highest BCUT2D eigenvalue weighted by atomic mass is 16.5. The lowest BCUT2D eigenvalue weighted by Gasteiger charge is -2.36. The maximum Gasteiger partial charge on any atom is 0.0690 e. The lowest BCUT2D eigenvalue weighted by Crippen LogP contribution is -2.47. The third-order valence-electron chi connectivity index (χ3n) is 3.21. The van der Waals surface area contributed by atoms with Crippen LogP contribution in [0.4, 0.5) is 0 Å². The molecule has 0 aliphatic rings. The van der Waals surface area contributed by atoms with Gasteiger partial charge in [0.05, 0.1) is 12.7 Å². The van der Waals surface area contributed by atoms with E-state index in [-0.39, 0.29) is 12.1 Å². The van der Waals surface area contributed by atoms with E-state index in [0.29, 0.717) is 6.04 Å². The first-order valence-corrected chi connectivity index (χ1v) is 6.01. The average Bonchev–Trinajstić information content (AvgIpc) is 2.27. The smallest absolute Gasteiger partial charge is 0.0690 e. The third kappa shape index (κ3) is 4.96. The molecule has 0 aliphatic carbocycles. The van der Waals surface area contributed by atoms with E-state index in [0.717, 1.165) is 26.0 Å². The van der Waals surface area contributed by atoms with Crippen molar-refractivity contribution in [3.8, 4) is 0 Å². The van der Waals surface area contributed by atoms with Gasteiger partial charge in [0.1, 0.15) is 0 Å². The van der Waals surface area contributed by atoms with E-state index < -0.39 is 0 Å². The predicted octanol–water partition coefficient (Wildman–Crippen LogP) is 1.89. The molecule has 3 unspecified atom stereocenters. The molecule has 0 aromatic heterocycles. The van der Waals surface area contributed by atoms with Gasteiger partial charge in [-0.3, -0.25) is 4.90 Å². The summed E-state index contributed by atoms with van der Waals surface area (Å²) in [5, 5.41) is 9.86. The van der Waals surface area contributed by atoms with Crippen LogP contribution >= 0.6 is 0 Å². The van der Waals surface area contributed by atoms with Crippen molar-refractivity contribution in [1.82, 2.24) is 4.90 Å². The standard InChI is InChI=1S/C12H27NO2/c1-6-10(3)13(8-9-15-5)11(4)12(14)7-2/h10-12,14H,6-9H2,1-5H3. The normalized spacial score (nSPS) is 17.8. The monoisotopic (exact) mass is 217 g/mol.